The summed E-state index contributed by atoms with van der Waals surface area (Å²) < 4.78 is 1.67. The van der Waals surface area contributed by atoms with Crippen molar-refractivity contribution in [2.45, 2.75) is 27.3 Å². The lowest BCUT2D eigenvalue weighted by Gasteiger charge is -2.25. The second-order valence-electron chi connectivity index (χ2n) is 7.61. The number of rotatable bonds is 9. The lowest BCUT2D eigenvalue weighted by atomic mass is 10.1. The van der Waals surface area contributed by atoms with Gasteiger partial charge in [-0.05, 0) is 44.0 Å². The van der Waals surface area contributed by atoms with E-state index in [0.717, 1.165) is 16.0 Å². The number of hydrogen-bond acceptors (Lipinski definition) is 7. The van der Waals surface area contributed by atoms with Gasteiger partial charge in [-0.25, -0.2) is 9.78 Å². The molecule has 0 unspecified atom stereocenters. The fourth-order valence-electron chi connectivity index (χ4n) is 3.53. The van der Waals surface area contributed by atoms with Gasteiger partial charge in [0.25, 0.3) is 5.56 Å². The molecule has 0 atom stereocenters. The van der Waals surface area contributed by atoms with Crippen LogP contribution in [0.25, 0.3) is 22.6 Å². The molecule has 0 radical (unpaired) electrons. The van der Waals surface area contributed by atoms with Gasteiger partial charge in [0, 0.05) is 19.6 Å². The van der Waals surface area contributed by atoms with Crippen molar-refractivity contribution >= 4 is 29.3 Å². The van der Waals surface area contributed by atoms with E-state index in [0.29, 0.717) is 24.0 Å². The standard InChI is InChI=1S/C21H24N6O6/c1-4-26(16(29)9-25(11-28)10-17(30)31)5-6-27-15-8-13(3)12(2)7-14(15)22-18-19(27)23-21(33)24-20(18)32/h7-8,11H,4-6,9-10H2,1-3H3,(H,30,31)(H,24,32,33). The van der Waals surface area contributed by atoms with Crippen molar-refractivity contribution < 1.29 is 19.5 Å². The Morgan fingerprint density at radius 3 is 2.48 bits per heavy atom. The highest BCUT2D eigenvalue weighted by atomic mass is 16.4. The molecule has 0 fully saturated rings. The number of hydrogen-bond donors (Lipinski definition) is 2. The molecule has 3 rings (SSSR count). The summed E-state index contributed by atoms with van der Waals surface area (Å²) >= 11 is 0. The molecule has 0 spiro atoms. The predicted molar refractivity (Wildman–Crippen MR) is 118 cm³/mol. The van der Waals surface area contributed by atoms with E-state index in [2.05, 4.69) is 15.0 Å². The van der Waals surface area contributed by atoms with Gasteiger partial charge in [0.05, 0.1) is 11.0 Å². The molecule has 0 bridgehead atoms. The maximum Gasteiger partial charge on any atom is 0.349 e. The fourth-order valence-corrected chi connectivity index (χ4v) is 3.53. The van der Waals surface area contributed by atoms with Crippen molar-refractivity contribution in [2.75, 3.05) is 26.2 Å². The fraction of sp³-hybridized carbons (Fsp3) is 0.381. The van der Waals surface area contributed by atoms with Gasteiger partial charge in [0.1, 0.15) is 13.1 Å². The van der Waals surface area contributed by atoms with Crippen molar-refractivity contribution in [2.24, 2.45) is 0 Å². The number of aromatic amines is 1. The van der Waals surface area contributed by atoms with Crippen molar-refractivity contribution in [3.05, 3.63) is 44.1 Å². The third-order valence-electron chi connectivity index (χ3n) is 5.38. The van der Waals surface area contributed by atoms with Gasteiger partial charge in [-0.3, -0.25) is 24.2 Å². The molecule has 33 heavy (non-hydrogen) atoms. The first kappa shape index (κ1) is 23.6. The van der Waals surface area contributed by atoms with Gasteiger partial charge in [0.15, 0.2) is 11.5 Å². The Balaban J connectivity index is 1.99. The zero-order chi connectivity index (χ0) is 24.3. The number of nitrogens with zero attached hydrogens (tertiary/aromatic N) is 5. The first-order chi connectivity index (χ1) is 15.6. The number of aryl methyl sites for hydroxylation is 2. The highest BCUT2D eigenvalue weighted by Crippen LogP contribution is 2.23. The number of aromatic nitrogens is 4. The third kappa shape index (κ3) is 5.05. The van der Waals surface area contributed by atoms with Gasteiger partial charge >= 0.3 is 11.7 Å². The first-order valence-electron chi connectivity index (χ1n) is 10.2. The van der Waals surface area contributed by atoms with Crippen molar-refractivity contribution in [3.63, 3.8) is 0 Å². The number of carboxylic acids is 1. The largest absolute Gasteiger partial charge is 0.480 e. The molecule has 2 aliphatic rings. The van der Waals surface area contributed by atoms with Crippen LogP contribution < -0.4 is 11.2 Å². The quantitative estimate of drug-likeness (QED) is 0.325. The normalized spacial score (nSPS) is 11.0. The molecule has 0 saturated carbocycles. The average molecular weight is 456 g/mol. The van der Waals surface area contributed by atoms with E-state index in [1.165, 1.54) is 4.90 Å². The van der Waals surface area contributed by atoms with E-state index in [4.69, 9.17) is 5.11 Å². The minimum absolute atomic E-state index is 0.00770. The number of carbonyl (C=O) groups is 3. The smallest absolute Gasteiger partial charge is 0.349 e. The number of nitrogens with one attached hydrogen (secondary N) is 1. The molecule has 0 aromatic heterocycles. The highest BCUT2D eigenvalue weighted by Gasteiger charge is 2.21. The van der Waals surface area contributed by atoms with E-state index in [9.17, 15) is 24.0 Å². The summed E-state index contributed by atoms with van der Waals surface area (Å²) in [6.45, 7) is 5.29. The number of fused-ring (bicyclic) bond motifs is 2. The van der Waals surface area contributed by atoms with Gasteiger partial charge < -0.3 is 19.5 Å². The summed E-state index contributed by atoms with van der Waals surface area (Å²) in [5.74, 6) is -1.56. The van der Waals surface area contributed by atoms with E-state index < -0.39 is 29.7 Å². The number of benzene rings is 1. The summed E-state index contributed by atoms with van der Waals surface area (Å²) in [6.07, 6.45) is 0.315. The molecule has 2 heterocycles. The number of carboxylic acid groups (broad SMARTS) is 1. The van der Waals surface area contributed by atoms with Crippen LogP contribution in [0.2, 0.25) is 0 Å². The second kappa shape index (κ2) is 9.59. The van der Waals surface area contributed by atoms with Crippen molar-refractivity contribution in [1.82, 2.24) is 29.3 Å². The van der Waals surface area contributed by atoms with Crippen LogP contribution >= 0.6 is 0 Å². The van der Waals surface area contributed by atoms with Crippen LogP contribution in [0.1, 0.15) is 18.1 Å². The summed E-state index contributed by atoms with van der Waals surface area (Å²) in [6, 6.07) is 3.71. The molecule has 2 N–H and O–H groups in total. The zero-order valence-corrected chi connectivity index (χ0v) is 18.5. The molecule has 1 aromatic carbocycles. The van der Waals surface area contributed by atoms with E-state index in [1.54, 1.807) is 11.5 Å². The van der Waals surface area contributed by atoms with Gasteiger partial charge in [-0.1, -0.05) is 0 Å². The molecule has 1 aromatic rings. The van der Waals surface area contributed by atoms with Crippen LogP contribution in [-0.2, 0) is 20.9 Å². The Hall–Kier alpha value is -4.09. The Labute approximate surface area is 187 Å². The molecule has 12 nitrogen and oxygen atoms in total. The van der Waals surface area contributed by atoms with Crippen LogP contribution in [-0.4, -0.2) is 78.9 Å². The summed E-state index contributed by atoms with van der Waals surface area (Å²) in [4.78, 5) is 71.7. The molecule has 0 aliphatic carbocycles. The van der Waals surface area contributed by atoms with Crippen LogP contribution in [0.3, 0.4) is 0 Å². The molecule has 2 aliphatic heterocycles. The maximum absolute atomic E-state index is 12.7. The van der Waals surface area contributed by atoms with E-state index >= 15 is 0 Å². The highest BCUT2D eigenvalue weighted by molar-refractivity contribution is 5.82. The number of H-pyrrole nitrogens is 1. The van der Waals surface area contributed by atoms with E-state index in [1.807, 2.05) is 26.0 Å². The van der Waals surface area contributed by atoms with Gasteiger partial charge in [-0.2, -0.15) is 4.98 Å². The number of aliphatic carboxylic acids is 1. The third-order valence-corrected chi connectivity index (χ3v) is 5.38. The minimum Gasteiger partial charge on any atom is -0.480 e. The van der Waals surface area contributed by atoms with Crippen LogP contribution in [0.4, 0.5) is 0 Å². The Bertz CT molecular complexity index is 1310. The number of carbonyl (C=O) groups excluding carboxylic acids is 2. The summed E-state index contributed by atoms with van der Waals surface area (Å²) in [7, 11) is 0. The molecular formula is C21H24N6O6. The Morgan fingerprint density at radius 2 is 1.85 bits per heavy atom. The number of likely N-dealkylation sites (N-methyl/N-ethyl adjacent to an activating group) is 1. The monoisotopic (exact) mass is 456 g/mol. The topological polar surface area (TPSA) is 159 Å². The summed E-state index contributed by atoms with van der Waals surface area (Å²) in [5, 5.41) is 8.87. The summed E-state index contributed by atoms with van der Waals surface area (Å²) in [5.41, 5.74) is 1.69. The van der Waals surface area contributed by atoms with Crippen molar-refractivity contribution in [3.8, 4) is 11.5 Å². The number of amides is 2. The maximum atomic E-state index is 12.7. The molecule has 2 amide bonds. The van der Waals surface area contributed by atoms with Gasteiger partial charge in [-0.15, -0.1) is 0 Å². The first-order valence-corrected chi connectivity index (χ1v) is 10.2. The Morgan fingerprint density at radius 1 is 1.15 bits per heavy atom. The molecular weight excluding hydrogens is 432 g/mol. The second-order valence-corrected chi connectivity index (χ2v) is 7.61. The van der Waals surface area contributed by atoms with Crippen molar-refractivity contribution in [1.29, 1.82) is 0 Å². The zero-order valence-electron chi connectivity index (χ0n) is 18.5. The minimum atomic E-state index is -1.22. The van der Waals surface area contributed by atoms with Crippen LogP contribution in [0.5, 0.6) is 0 Å². The lowest BCUT2D eigenvalue weighted by molar-refractivity contribution is -0.143. The molecule has 0 saturated heterocycles. The van der Waals surface area contributed by atoms with Crippen LogP contribution in [0.15, 0.2) is 21.7 Å². The SMILES string of the molecule is CCN(CCn1c2nc(=O)[nH]c(=O)c-2nc2cc(C)c(C)cc21)C(=O)CN(C=O)CC(=O)O. The molecule has 12 heteroatoms. The van der Waals surface area contributed by atoms with Gasteiger partial charge in [0.2, 0.25) is 12.3 Å². The van der Waals surface area contributed by atoms with Crippen LogP contribution in [0, 0.1) is 13.8 Å². The molecule has 174 valence electrons. The Kier molecular flexibility index (Phi) is 6.85. The predicted octanol–water partition coefficient (Wildman–Crippen LogP) is -0.407. The average Bonchev–Trinajstić information content (AvgIpc) is 2.74. The lowest BCUT2D eigenvalue weighted by Crippen LogP contribution is -2.43. The van der Waals surface area contributed by atoms with E-state index in [-0.39, 0.29) is 31.2 Å².